The van der Waals surface area contributed by atoms with Crippen molar-refractivity contribution in [2.75, 3.05) is 14.2 Å². The van der Waals surface area contributed by atoms with Crippen LogP contribution in [0.15, 0.2) is 30.3 Å². The Bertz CT molecular complexity index is 852. The lowest BCUT2D eigenvalue weighted by Gasteiger charge is -2.27. The quantitative estimate of drug-likeness (QED) is 0.637. The van der Waals surface area contributed by atoms with Crippen molar-refractivity contribution in [1.29, 1.82) is 0 Å². The highest BCUT2D eigenvalue weighted by molar-refractivity contribution is 6.42. The van der Waals surface area contributed by atoms with E-state index in [1.54, 1.807) is 14.2 Å². The van der Waals surface area contributed by atoms with Gasteiger partial charge in [-0.1, -0.05) is 54.6 Å². The minimum atomic E-state index is -0.318. The van der Waals surface area contributed by atoms with E-state index in [4.69, 9.17) is 37.4 Å². The van der Waals surface area contributed by atoms with Crippen molar-refractivity contribution in [3.63, 3.8) is 0 Å². The van der Waals surface area contributed by atoms with Crippen molar-refractivity contribution < 1.29 is 14.2 Å². The van der Waals surface area contributed by atoms with Crippen LogP contribution in [0.25, 0.3) is 0 Å². The molecule has 0 radical (unpaired) electrons. The molecule has 2 unspecified atom stereocenters. The summed E-state index contributed by atoms with van der Waals surface area (Å²) >= 11 is 13.0. The highest BCUT2D eigenvalue weighted by Crippen LogP contribution is 2.48. The summed E-state index contributed by atoms with van der Waals surface area (Å²) in [5.41, 5.74) is 2.94. The summed E-state index contributed by atoms with van der Waals surface area (Å²) in [6.45, 7) is 0. The van der Waals surface area contributed by atoms with Gasteiger partial charge in [-0.05, 0) is 36.6 Å². The normalized spacial score (nSPS) is 22.1. The zero-order chi connectivity index (χ0) is 19.7. The van der Waals surface area contributed by atoms with Crippen LogP contribution < -0.4 is 14.8 Å². The predicted molar refractivity (Wildman–Crippen MR) is 112 cm³/mol. The van der Waals surface area contributed by atoms with Crippen LogP contribution in [0.2, 0.25) is 10.0 Å². The number of benzene rings is 2. The average molecular weight is 422 g/mol. The van der Waals surface area contributed by atoms with E-state index in [2.05, 4.69) is 5.32 Å². The molecule has 2 aliphatic rings. The molecule has 0 amide bonds. The lowest BCUT2D eigenvalue weighted by molar-refractivity contribution is 0.00185. The molecule has 1 N–H and O–H groups in total. The van der Waals surface area contributed by atoms with Crippen LogP contribution in [0, 0.1) is 0 Å². The van der Waals surface area contributed by atoms with Crippen LogP contribution in [-0.4, -0.2) is 20.3 Å². The van der Waals surface area contributed by atoms with Gasteiger partial charge in [-0.15, -0.1) is 0 Å². The van der Waals surface area contributed by atoms with E-state index in [-0.39, 0.29) is 12.3 Å². The molecule has 0 aromatic heterocycles. The molecule has 150 valence electrons. The van der Waals surface area contributed by atoms with E-state index in [0.29, 0.717) is 27.6 Å². The number of methoxy groups -OCH3 is 2. The zero-order valence-corrected chi connectivity index (χ0v) is 17.6. The summed E-state index contributed by atoms with van der Waals surface area (Å²) < 4.78 is 17.3. The van der Waals surface area contributed by atoms with E-state index in [1.807, 2.05) is 30.3 Å². The molecule has 1 aliphatic carbocycles. The van der Waals surface area contributed by atoms with Crippen molar-refractivity contribution in [2.24, 2.45) is 0 Å². The number of hydrogen-bond donors (Lipinski definition) is 1. The van der Waals surface area contributed by atoms with Crippen molar-refractivity contribution in [1.82, 2.24) is 5.32 Å². The van der Waals surface area contributed by atoms with Crippen LogP contribution in [0.4, 0.5) is 0 Å². The summed E-state index contributed by atoms with van der Waals surface area (Å²) in [7, 11) is 3.25. The monoisotopic (exact) mass is 421 g/mol. The first-order valence-corrected chi connectivity index (χ1v) is 10.5. The Morgan fingerprint density at radius 3 is 2.43 bits per heavy atom. The molecule has 1 fully saturated rings. The van der Waals surface area contributed by atoms with Crippen molar-refractivity contribution >= 4 is 23.2 Å². The van der Waals surface area contributed by atoms with Gasteiger partial charge in [0.2, 0.25) is 0 Å². The van der Waals surface area contributed by atoms with E-state index in [9.17, 15) is 0 Å². The second kappa shape index (κ2) is 8.50. The van der Waals surface area contributed by atoms with Crippen LogP contribution >= 0.6 is 23.2 Å². The Hall–Kier alpha value is -1.46. The molecule has 28 heavy (non-hydrogen) atoms. The SMILES string of the molecule is COc1ccc(C2OC(NC3CCCCC3)c3ccc(Cl)c(Cl)c32)cc1OC. The lowest BCUT2D eigenvalue weighted by atomic mass is 9.94. The highest BCUT2D eigenvalue weighted by Gasteiger charge is 2.37. The van der Waals surface area contributed by atoms with Gasteiger partial charge in [-0.3, -0.25) is 5.32 Å². The maximum absolute atomic E-state index is 6.63. The van der Waals surface area contributed by atoms with Crippen LogP contribution in [0.5, 0.6) is 11.5 Å². The average Bonchev–Trinajstić information content (AvgIpc) is 3.09. The highest BCUT2D eigenvalue weighted by atomic mass is 35.5. The number of ether oxygens (including phenoxy) is 3. The van der Waals surface area contributed by atoms with Gasteiger partial charge in [-0.2, -0.15) is 0 Å². The number of fused-ring (bicyclic) bond motifs is 1. The molecular formula is C22H25Cl2NO3. The smallest absolute Gasteiger partial charge is 0.161 e. The first kappa shape index (κ1) is 19.8. The van der Waals surface area contributed by atoms with Crippen molar-refractivity contribution in [2.45, 2.75) is 50.5 Å². The second-order valence-corrected chi connectivity index (χ2v) is 8.16. The Balaban J connectivity index is 1.70. The molecule has 4 nitrogen and oxygen atoms in total. The third-order valence-electron chi connectivity index (χ3n) is 5.69. The van der Waals surface area contributed by atoms with E-state index < -0.39 is 0 Å². The number of rotatable bonds is 5. The Kier molecular flexibility index (Phi) is 6.02. The van der Waals surface area contributed by atoms with Gasteiger partial charge in [0.1, 0.15) is 12.3 Å². The summed E-state index contributed by atoms with van der Waals surface area (Å²) in [4.78, 5) is 0. The minimum Gasteiger partial charge on any atom is -0.493 e. The molecule has 6 heteroatoms. The maximum atomic E-state index is 6.63. The number of hydrogen-bond acceptors (Lipinski definition) is 4. The second-order valence-electron chi connectivity index (χ2n) is 7.38. The molecule has 1 heterocycles. The molecule has 1 saturated carbocycles. The molecule has 0 spiro atoms. The van der Waals surface area contributed by atoms with Crippen molar-refractivity contribution in [3.8, 4) is 11.5 Å². The van der Waals surface area contributed by atoms with Gasteiger partial charge in [-0.25, -0.2) is 0 Å². The molecule has 2 atom stereocenters. The largest absolute Gasteiger partial charge is 0.493 e. The fraction of sp³-hybridized carbons (Fsp3) is 0.455. The summed E-state index contributed by atoms with van der Waals surface area (Å²) in [5, 5.41) is 4.77. The molecular weight excluding hydrogens is 397 g/mol. The van der Waals surface area contributed by atoms with Crippen LogP contribution in [0.3, 0.4) is 0 Å². The van der Waals surface area contributed by atoms with Crippen LogP contribution in [-0.2, 0) is 4.74 Å². The van der Waals surface area contributed by atoms with E-state index in [1.165, 1.54) is 32.1 Å². The third-order valence-corrected chi connectivity index (χ3v) is 6.50. The van der Waals surface area contributed by atoms with Gasteiger partial charge < -0.3 is 14.2 Å². The third kappa shape index (κ3) is 3.71. The fourth-order valence-electron chi connectivity index (χ4n) is 4.23. The summed E-state index contributed by atoms with van der Waals surface area (Å²) in [6.07, 6.45) is 5.67. The topological polar surface area (TPSA) is 39.7 Å². The molecule has 4 rings (SSSR count). The van der Waals surface area contributed by atoms with Gasteiger partial charge in [0, 0.05) is 17.2 Å². The predicted octanol–water partition coefficient (Wildman–Crippen LogP) is 6.05. The molecule has 1 aliphatic heterocycles. The first-order chi connectivity index (χ1) is 13.6. The standard InChI is InChI=1S/C22H25Cl2NO3/c1-26-17-11-8-13(12-18(17)27-2)21-19-15(9-10-16(23)20(19)24)22(28-21)25-14-6-4-3-5-7-14/h8-12,14,21-22,25H,3-7H2,1-2H3. The maximum Gasteiger partial charge on any atom is 0.161 e. The van der Waals surface area contributed by atoms with Gasteiger partial charge in [0.25, 0.3) is 0 Å². The molecule has 0 saturated heterocycles. The number of nitrogens with one attached hydrogen (secondary N) is 1. The zero-order valence-electron chi connectivity index (χ0n) is 16.1. The molecule has 0 bridgehead atoms. The first-order valence-electron chi connectivity index (χ1n) is 9.73. The van der Waals surface area contributed by atoms with Gasteiger partial charge in [0.05, 0.1) is 24.3 Å². The van der Waals surface area contributed by atoms with Gasteiger partial charge in [0.15, 0.2) is 11.5 Å². The number of halogens is 2. The Morgan fingerprint density at radius 2 is 1.71 bits per heavy atom. The Morgan fingerprint density at radius 1 is 0.964 bits per heavy atom. The Labute approximate surface area is 176 Å². The van der Waals surface area contributed by atoms with E-state index in [0.717, 1.165) is 16.7 Å². The fourth-order valence-corrected chi connectivity index (χ4v) is 4.66. The van der Waals surface area contributed by atoms with Gasteiger partial charge >= 0.3 is 0 Å². The minimum absolute atomic E-state index is 0.203. The van der Waals surface area contributed by atoms with E-state index >= 15 is 0 Å². The van der Waals surface area contributed by atoms with Crippen LogP contribution in [0.1, 0.15) is 61.1 Å². The lowest BCUT2D eigenvalue weighted by Crippen LogP contribution is -2.34. The summed E-state index contributed by atoms with van der Waals surface area (Å²) in [5.74, 6) is 1.34. The van der Waals surface area contributed by atoms with Crippen molar-refractivity contribution in [3.05, 3.63) is 57.1 Å². The summed E-state index contributed by atoms with van der Waals surface area (Å²) in [6, 6.07) is 10.1. The molecule has 2 aromatic carbocycles. The molecule has 2 aromatic rings.